The number of hydrogen-bond acceptors (Lipinski definition) is 4. The third-order valence-electron chi connectivity index (χ3n) is 1.47. The van der Waals surface area contributed by atoms with E-state index in [-0.39, 0.29) is 34.5 Å². The van der Waals surface area contributed by atoms with Crippen molar-refractivity contribution in [1.82, 2.24) is 0 Å². The molecule has 0 aromatic rings. The molecule has 4 nitrogen and oxygen atoms in total. The Bertz CT molecular complexity index is 373. The van der Waals surface area contributed by atoms with Crippen molar-refractivity contribution < 1.29 is 47.6 Å². The summed E-state index contributed by atoms with van der Waals surface area (Å²) in [5.41, 5.74) is 0. The minimum atomic E-state index is -4.45. The molecule has 2 atom stereocenters. The number of allylic oxidation sites excluding steroid dienone is 1. The Labute approximate surface area is 121 Å². The largest absolute Gasteiger partial charge is 1.00 e. The molecule has 0 aromatic carbocycles. The van der Waals surface area contributed by atoms with Crippen molar-refractivity contribution in [2.45, 2.75) is 9.34 Å². The van der Waals surface area contributed by atoms with Gasteiger partial charge in [0, 0.05) is 0 Å². The number of halogens is 2. The summed E-state index contributed by atoms with van der Waals surface area (Å²) in [7, 11) is -4.45. The van der Waals surface area contributed by atoms with Crippen LogP contribution in [0.5, 0.6) is 0 Å². The monoisotopic (exact) mass is 354 g/mol. The molecule has 1 N–H and O–H groups in total. The molecular formula is C6H5Br2NaO4S. The molecule has 0 saturated carbocycles. The van der Waals surface area contributed by atoms with Crippen molar-refractivity contribution in [3.63, 3.8) is 0 Å². The Hall–Kier alpha value is 1.31. The van der Waals surface area contributed by atoms with E-state index >= 15 is 0 Å². The molecule has 1 aliphatic carbocycles. The van der Waals surface area contributed by atoms with Crippen molar-refractivity contribution in [2.75, 3.05) is 0 Å². The van der Waals surface area contributed by atoms with E-state index in [4.69, 9.17) is 0 Å². The molecule has 0 aliphatic heterocycles. The van der Waals surface area contributed by atoms with Crippen LogP contribution in [-0.2, 0) is 10.1 Å². The third kappa shape index (κ3) is 3.71. The molecule has 0 saturated heterocycles. The van der Waals surface area contributed by atoms with E-state index in [1.54, 1.807) is 0 Å². The second-order valence-electron chi connectivity index (χ2n) is 2.49. The maximum atomic E-state index is 10.6. The Morgan fingerprint density at radius 2 is 2.07 bits per heavy atom. The van der Waals surface area contributed by atoms with Gasteiger partial charge in [-0.3, -0.25) is 0 Å². The average molecular weight is 356 g/mol. The number of alkyl halides is 2. The normalized spacial score (nSPS) is 32.0. The van der Waals surface area contributed by atoms with Gasteiger partial charge >= 0.3 is 29.6 Å². The summed E-state index contributed by atoms with van der Waals surface area (Å²) in [5, 5.41) is 9.47. The van der Waals surface area contributed by atoms with Crippen LogP contribution < -0.4 is 29.6 Å². The average Bonchev–Trinajstić information content (AvgIpc) is 1.92. The summed E-state index contributed by atoms with van der Waals surface area (Å²) in [5.74, 6) is 0. The molecule has 0 heterocycles. The maximum Gasteiger partial charge on any atom is 1.00 e. The van der Waals surface area contributed by atoms with Gasteiger partial charge in [0.15, 0.2) is 4.51 Å². The molecule has 0 radical (unpaired) electrons. The second-order valence-corrected chi connectivity index (χ2v) is 6.12. The zero-order valence-corrected chi connectivity index (χ0v) is 13.1. The van der Waals surface area contributed by atoms with Crippen LogP contribution in [0.2, 0.25) is 0 Å². The number of rotatable bonds is 1. The van der Waals surface area contributed by atoms with Crippen LogP contribution in [0.3, 0.4) is 0 Å². The van der Waals surface area contributed by atoms with Crippen molar-refractivity contribution in [3.05, 3.63) is 23.1 Å². The van der Waals surface area contributed by atoms with Crippen molar-refractivity contribution in [2.24, 2.45) is 0 Å². The van der Waals surface area contributed by atoms with Gasteiger partial charge in [-0.05, 0) is 34.2 Å². The first-order valence-corrected chi connectivity index (χ1v) is 6.27. The van der Waals surface area contributed by atoms with E-state index in [1.807, 2.05) is 0 Å². The summed E-state index contributed by atoms with van der Waals surface area (Å²) < 4.78 is 30.3. The minimum Gasteiger partial charge on any atom is -0.744 e. The molecule has 8 heteroatoms. The van der Waals surface area contributed by atoms with Crippen LogP contribution in [0.15, 0.2) is 23.1 Å². The fourth-order valence-corrected chi connectivity index (χ4v) is 2.19. The fourth-order valence-electron chi connectivity index (χ4n) is 0.774. The van der Waals surface area contributed by atoms with Crippen molar-refractivity contribution in [3.8, 4) is 0 Å². The zero-order chi connectivity index (χ0) is 10.3. The van der Waals surface area contributed by atoms with E-state index in [1.165, 1.54) is 6.08 Å². The smallest absolute Gasteiger partial charge is 0.744 e. The predicted molar refractivity (Wildman–Crippen MR) is 53.5 cm³/mol. The molecule has 1 aliphatic rings. The van der Waals surface area contributed by atoms with Crippen LogP contribution in [0.25, 0.3) is 0 Å². The topological polar surface area (TPSA) is 77.4 Å². The van der Waals surface area contributed by atoms with Crippen LogP contribution >= 0.6 is 31.9 Å². The Morgan fingerprint density at radius 1 is 1.57 bits per heavy atom. The summed E-state index contributed by atoms with van der Waals surface area (Å²) in [6.07, 6.45) is 3.39. The van der Waals surface area contributed by atoms with Gasteiger partial charge in [0.25, 0.3) is 0 Å². The predicted octanol–water partition coefficient (Wildman–Crippen LogP) is -2.16. The van der Waals surface area contributed by atoms with Gasteiger partial charge in [-0.25, -0.2) is 8.42 Å². The van der Waals surface area contributed by atoms with Crippen molar-refractivity contribution in [1.29, 1.82) is 0 Å². The minimum absolute atomic E-state index is 0. The molecule has 74 valence electrons. The second kappa shape index (κ2) is 5.09. The van der Waals surface area contributed by atoms with Gasteiger partial charge in [-0.15, -0.1) is 0 Å². The summed E-state index contributed by atoms with van der Waals surface area (Å²) in [6, 6.07) is 0. The zero-order valence-electron chi connectivity index (χ0n) is 7.15. The Kier molecular flexibility index (Phi) is 5.57. The molecule has 2 unspecified atom stereocenters. The quantitative estimate of drug-likeness (QED) is 0.330. The molecule has 0 amide bonds. The van der Waals surface area contributed by atoms with Crippen LogP contribution in [0.4, 0.5) is 0 Å². The summed E-state index contributed by atoms with van der Waals surface area (Å²) >= 11 is 5.95. The van der Waals surface area contributed by atoms with Gasteiger partial charge in [0.1, 0.15) is 10.1 Å². The van der Waals surface area contributed by atoms with E-state index in [0.29, 0.717) is 0 Å². The molecule has 0 bridgehead atoms. The standard InChI is InChI=1S/C6H6Br2O4S.Na/c7-5-3-4(13(10,11)12)1-2-6(5,8)9;/h1-3,5,9H,(H,10,11,12);/q;+1/p-1. The Morgan fingerprint density at radius 3 is 2.43 bits per heavy atom. The van der Waals surface area contributed by atoms with Crippen LogP contribution in [0.1, 0.15) is 0 Å². The van der Waals surface area contributed by atoms with Gasteiger partial charge in [0.05, 0.1) is 9.73 Å². The first-order valence-electron chi connectivity index (χ1n) is 3.16. The summed E-state index contributed by atoms with van der Waals surface area (Å²) in [6.45, 7) is 0. The van der Waals surface area contributed by atoms with Gasteiger partial charge in [0.2, 0.25) is 0 Å². The van der Waals surface area contributed by atoms with Gasteiger partial charge in [-0.1, -0.05) is 15.9 Å². The Balaban J connectivity index is 0.00000169. The first-order chi connectivity index (χ1) is 5.73. The van der Waals surface area contributed by atoms with E-state index in [2.05, 4.69) is 31.9 Å². The van der Waals surface area contributed by atoms with E-state index < -0.39 is 19.5 Å². The number of aliphatic hydroxyl groups is 1. The molecular weight excluding hydrogens is 351 g/mol. The molecule has 14 heavy (non-hydrogen) atoms. The van der Waals surface area contributed by atoms with Crippen LogP contribution in [-0.4, -0.2) is 27.4 Å². The fraction of sp³-hybridized carbons (Fsp3) is 0.333. The molecule has 1 rings (SSSR count). The summed E-state index contributed by atoms with van der Waals surface area (Å²) in [4.78, 5) is -0.998. The van der Waals surface area contributed by atoms with E-state index in [0.717, 1.165) is 12.2 Å². The van der Waals surface area contributed by atoms with E-state index in [9.17, 15) is 18.1 Å². The molecule has 0 spiro atoms. The molecule has 0 fully saturated rings. The molecule has 0 aromatic heterocycles. The van der Waals surface area contributed by atoms with Gasteiger partial charge < -0.3 is 9.66 Å². The number of hydrogen-bond donors (Lipinski definition) is 1. The first kappa shape index (κ1) is 15.3. The third-order valence-corrected chi connectivity index (χ3v) is 4.65. The van der Waals surface area contributed by atoms with Crippen LogP contribution in [0, 0.1) is 0 Å². The maximum absolute atomic E-state index is 10.6. The van der Waals surface area contributed by atoms with Crippen molar-refractivity contribution >= 4 is 42.0 Å². The SMILES string of the molecule is O=S(=O)([O-])C1=CC(Br)C(O)(Br)C=C1.[Na+]. The van der Waals surface area contributed by atoms with Gasteiger partial charge in [-0.2, -0.15) is 0 Å².